The van der Waals surface area contributed by atoms with Crippen LogP contribution in [0.25, 0.3) is 11.6 Å². The summed E-state index contributed by atoms with van der Waals surface area (Å²) in [5, 5.41) is 10.0. The predicted molar refractivity (Wildman–Crippen MR) is 102 cm³/mol. The first-order valence-electron chi connectivity index (χ1n) is 8.66. The minimum atomic E-state index is -4.10. The summed E-state index contributed by atoms with van der Waals surface area (Å²) < 4.78 is 38.3. The van der Waals surface area contributed by atoms with Gasteiger partial charge in [0.25, 0.3) is 0 Å². The van der Waals surface area contributed by atoms with Crippen molar-refractivity contribution < 1.29 is 13.2 Å². The fourth-order valence-corrected chi connectivity index (χ4v) is 3.35. The maximum Gasteiger partial charge on any atom is 0.391 e. The van der Waals surface area contributed by atoms with Crippen LogP contribution in [0.2, 0.25) is 5.02 Å². The number of halogens is 4. The summed E-state index contributed by atoms with van der Waals surface area (Å²) in [6, 6.07) is 16.7. The Balaban J connectivity index is 1.70. The molecule has 0 bridgehead atoms. The number of benzene rings is 2. The van der Waals surface area contributed by atoms with E-state index in [1.165, 1.54) is 0 Å². The number of allylic oxidation sites excluding steroid dienone is 1. The van der Waals surface area contributed by atoms with Gasteiger partial charge in [-0.3, -0.25) is 0 Å². The summed E-state index contributed by atoms with van der Waals surface area (Å²) in [6.07, 6.45) is -2.07. The first kappa shape index (κ1) is 19.3. The topological polar surface area (TPSA) is 27.0 Å². The highest BCUT2D eigenvalue weighted by Crippen LogP contribution is 2.35. The van der Waals surface area contributed by atoms with Crippen LogP contribution >= 0.6 is 11.6 Å². The van der Waals surface area contributed by atoms with E-state index in [1.54, 1.807) is 30.3 Å². The molecule has 0 N–H and O–H groups in total. The predicted octanol–water partition coefficient (Wildman–Crippen LogP) is 6.18. The molecule has 0 radical (unpaired) electrons. The summed E-state index contributed by atoms with van der Waals surface area (Å²) in [4.78, 5) is 1.97. The molecular formula is C21H18ClF3N2. The quantitative estimate of drug-likeness (QED) is 0.462. The molecule has 1 heterocycles. The van der Waals surface area contributed by atoms with Gasteiger partial charge in [0.15, 0.2) is 0 Å². The van der Waals surface area contributed by atoms with E-state index in [0.29, 0.717) is 23.7 Å². The zero-order valence-corrected chi connectivity index (χ0v) is 15.3. The van der Waals surface area contributed by atoms with Crippen LogP contribution in [-0.4, -0.2) is 19.3 Å². The minimum absolute atomic E-state index is 0.125. The molecule has 0 amide bonds. The maximum absolute atomic E-state index is 12.8. The monoisotopic (exact) mass is 390 g/mol. The molecule has 2 aromatic carbocycles. The van der Waals surface area contributed by atoms with Crippen LogP contribution in [0, 0.1) is 17.2 Å². The van der Waals surface area contributed by atoms with Crippen molar-refractivity contribution in [3.05, 3.63) is 64.7 Å². The van der Waals surface area contributed by atoms with Crippen molar-refractivity contribution in [1.82, 2.24) is 0 Å². The van der Waals surface area contributed by atoms with Crippen LogP contribution in [0.5, 0.6) is 0 Å². The average Bonchev–Trinajstić information content (AvgIpc) is 2.67. The fraction of sp³-hybridized carbons (Fsp3) is 0.286. The summed E-state index contributed by atoms with van der Waals surface area (Å²) in [7, 11) is 0. The Morgan fingerprint density at radius 2 is 1.63 bits per heavy atom. The molecule has 0 spiro atoms. The van der Waals surface area contributed by atoms with Gasteiger partial charge in [0.1, 0.15) is 0 Å². The van der Waals surface area contributed by atoms with Gasteiger partial charge in [0.05, 0.1) is 17.6 Å². The molecule has 140 valence electrons. The lowest BCUT2D eigenvalue weighted by molar-refractivity contribution is -0.179. The van der Waals surface area contributed by atoms with Gasteiger partial charge >= 0.3 is 6.18 Å². The van der Waals surface area contributed by atoms with Crippen molar-refractivity contribution in [3.63, 3.8) is 0 Å². The van der Waals surface area contributed by atoms with Gasteiger partial charge in [0, 0.05) is 23.8 Å². The number of rotatable bonds is 3. The molecule has 0 aliphatic carbocycles. The number of nitriles is 1. The molecule has 2 aromatic rings. The number of nitrogens with zero attached hydrogens (tertiary/aromatic N) is 2. The number of anilines is 1. The molecule has 0 atom stereocenters. The summed E-state index contributed by atoms with van der Waals surface area (Å²) >= 11 is 5.88. The van der Waals surface area contributed by atoms with E-state index < -0.39 is 12.1 Å². The van der Waals surface area contributed by atoms with Gasteiger partial charge in [-0.2, -0.15) is 18.4 Å². The van der Waals surface area contributed by atoms with Gasteiger partial charge in [-0.15, -0.1) is 0 Å². The lowest BCUT2D eigenvalue weighted by atomic mass is 9.96. The van der Waals surface area contributed by atoms with Crippen LogP contribution in [0.4, 0.5) is 18.9 Å². The Kier molecular flexibility index (Phi) is 5.76. The number of hydrogen-bond donors (Lipinski definition) is 0. The normalized spacial score (nSPS) is 16.3. The molecule has 1 aliphatic rings. The van der Waals surface area contributed by atoms with E-state index >= 15 is 0 Å². The van der Waals surface area contributed by atoms with Crippen LogP contribution in [-0.2, 0) is 0 Å². The third-order valence-corrected chi connectivity index (χ3v) is 5.05. The summed E-state index contributed by atoms with van der Waals surface area (Å²) in [5.74, 6) is -1.20. The molecule has 3 rings (SSSR count). The average molecular weight is 391 g/mol. The maximum atomic E-state index is 12.8. The molecule has 6 heteroatoms. The summed E-state index contributed by atoms with van der Waals surface area (Å²) in [6.45, 7) is 0.793. The molecule has 1 aliphatic heterocycles. The minimum Gasteiger partial charge on any atom is -0.372 e. The van der Waals surface area contributed by atoms with Gasteiger partial charge in [0.2, 0.25) is 0 Å². The largest absolute Gasteiger partial charge is 0.391 e. The Bertz CT molecular complexity index is 841. The van der Waals surface area contributed by atoms with Crippen molar-refractivity contribution in [3.8, 4) is 6.07 Å². The highest BCUT2D eigenvalue weighted by Gasteiger charge is 2.41. The second kappa shape index (κ2) is 8.06. The number of alkyl halides is 3. The fourth-order valence-electron chi connectivity index (χ4n) is 3.22. The third-order valence-electron chi connectivity index (χ3n) is 4.80. The van der Waals surface area contributed by atoms with E-state index in [4.69, 9.17) is 11.6 Å². The van der Waals surface area contributed by atoms with E-state index in [1.807, 2.05) is 29.2 Å². The molecule has 0 saturated carbocycles. The second-order valence-corrected chi connectivity index (χ2v) is 7.01. The van der Waals surface area contributed by atoms with Gasteiger partial charge in [-0.1, -0.05) is 35.9 Å². The molecular weight excluding hydrogens is 373 g/mol. The number of piperidine rings is 1. The Hall–Kier alpha value is -2.45. The summed E-state index contributed by atoms with van der Waals surface area (Å²) in [5.41, 5.74) is 3.05. The SMILES string of the molecule is N#CC(=Cc1ccc(N2CCC(C(F)(F)F)CC2)cc1)c1ccc(Cl)cc1. The highest BCUT2D eigenvalue weighted by molar-refractivity contribution is 6.30. The first-order valence-corrected chi connectivity index (χ1v) is 9.04. The number of hydrogen-bond acceptors (Lipinski definition) is 2. The van der Waals surface area contributed by atoms with Crippen molar-refractivity contribution in [2.45, 2.75) is 19.0 Å². The van der Waals surface area contributed by atoms with Crippen molar-refractivity contribution in [2.75, 3.05) is 18.0 Å². The molecule has 27 heavy (non-hydrogen) atoms. The van der Waals surface area contributed by atoms with Crippen LogP contribution < -0.4 is 4.90 Å². The van der Waals surface area contributed by atoms with E-state index in [-0.39, 0.29) is 12.8 Å². The zero-order chi connectivity index (χ0) is 19.4. The highest BCUT2D eigenvalue weighted by atomic mass is 35.5. The lowest BCUT2D eigenvalue weighted by Crippen LogP contribution is -2.38. The Morgan fingerprint density at radius 3 is 2.15 bits per heavy atom. The lowest BCUT2D eigenvalue weighted by Gasteiger charge is -2.34. The Labute approximate surface area is 161 Å². The molecule has 0 aromatic heterocycles. The standard InChI is InChI=1S/C21H18ClF3N2/c22-19-5-3-16(4-6-19)17(14-26)13-15-1-7-20(8-2-15)27-11-9-18(10-12-27)21(23,24)25/h1-8,13,18H,9-12H2. The molecule has 1 fully saturated rings. The van der Waals surface area contributed by atoms with E-state index in [9.17, 15) is 18.4 Å². The van der Waals surface area contributed by atoms with Crippen LogP contribution in [0.3, 0.4) is 0 Å². The third kappa shape index (κ3) is 4.84. The van der Waals surface area contributed by atoms with Crippen LogP contribution in [0.1, 0.15) is 24.0 Å². The van der Waals surface area contributed by atoms with Crippen LogP contribution in [0.15, 0.2) is 48.5 Å². The molecule has 0 unspecified atom stereocenters. The second-order valence-electron chi connectivity index (χ2n) is 6.57. The molecule has 1 saturated heterocycles. The first-order chi connectivity index (χ1) is 12.9. The zero-order valence-electron chi connectivity index (χ0n) is 14.5. The van der Waals surface area contributed by atoms with Crippen molar-refractivity contribution in [1.29, 1.82) is 5.26 Å². The smallest absolute Gasteiger partial charge is 0.372 e. The van der Waals surface area contributed by atoms with Gasteiger partial charge < -0.3 is 4.90 Å². The van der Waals surface area contributed by atoms with E-state index in [0.717, 1.165) is 16.8 Å². The van der Waals surface area contributed by atoms with E-state index in [2.05, 4.69) is 6.07 Å². The van der Waals surface area contributed by atoms with Crippen molar-refractivity contribution >= 4 is 28.9 Å². The van der Waals surface area contributed by atoms with Gasteiger partial charge in [-0.05, 0) is 54.3 Å². The molecule has 2 nitrogen and oxygen atoms in total. The van der Waals surface area contributed by atoms with Crippen molar-refractivity contribution in [2.24, 2.45) is 5.92 Å². The van der Waals surface area contributed by atoms with Gasteiger partial charge in [-0.25, -0.2) is 0 Å². The Morgan fingerprint density at radius 1 is 1.04 bits per heavy atom.